The summed E-state index contributed by atoms with van der Waals surface area (Å²) in [6, 6.07) is 7.88. The van der Waals surface area contributed by atoms with Gasteiger partial charge < -0.3 is 14.1 Å². The molecule has 0 spiro atoms. The van der Waals surface area contributed by atoms with Crippen LogP contribution < -0.4 is 0 Å². The number of rotatable bonds is 0. The molecule has 5 rings (SSSR count). The molecule has 30 heavy (non-hydrogen) atoms. The Hall–Kier alpha value is -3.82. The highest BCUT2D eigenvalue weighted by Crippen LogP contribution is 2.06. The van der Waals surface area contributed by atoms with E-state index in [1.165, 1.54) is 0 Å². The molecular formula is C20H27N9O. The van der Waals surface area contributed by atoms with Crippen molar-refractivity contribution in [2.75, 3.05) is 0 Å². The molecule has 0 aliphatic carbocycles. The monoisotopic (exact) mass is 409 g/mol. The Morgan fingerprint density at radius 3 is 2.13 bits per heavy atom. The van der Waals surface area contributed by atoms with Crippen LogP contribution in [0.1, 0.15) is 23.2 Å². The SMILES string of the molecule is Cc1cn(C)cn1.Cc1ncc[nH]1.Cc1noc(C)n1.Cn1nnc2ccccc21. The zero-order valence-electron chi connectivity index (χ0n) is 18.1. The summed E-state index contributed by atoms with van der Waals surface area (Å²) in [4.78, 5) is 14.6. The Balaban J connectivity index is 0.000000146. The standard InChI is InChI=1S/C7H7N3.C5H8N2.C4H6N2O.C4H6N2/c1-10-7-5-3-2-4-6(7)8-9-10;1-5-3-7(2)4-6-5;1-3-5-4(2)7-6-3;1-4-5-2-3-6-4/h2-5H,1H3;3-4H,1-2H3;1-2H3;2-3H,1H3,(H,5,6). The van der Waals surface area contributed by atoms with Crippen LogP contribution >= 0.6 is 0 Å². The number of para-hydroxylation sites is 1. The average molecular weight is 409 g/mol. The van der Waals surface area contributed by atoms with E-state index in [4.69, 9.17) is 0 Å². The van der Waals surface area contributed by atoms with E-state index in [2.05, 4.69) is 39.9 Å². The molecule has 10 nitrogen and oxygen atoms in total. The van der Waals surface area contributed by atoms with Gasteiger partial charge in [0.1, 0.15) is 11.3 Å². The van der Waals surface area contributed by atoms with Gasteiger partial charge in [-0.3, -0.25) is 0 Å². The van der Waals surface area contributed by atoms with Gasteiger partial charge in [-0.2, -0.15) is 4.98 Å². The van der Waals surface area contributed by atoms with Crippen LogP contribution in [0.4, 0.5) is 0 Å². The molecule has 0 bridgehead atoms. The van der Waals surface area contributed by atoms with Crippen molar-refractivity contribution in [2.45, 2.75) is 27.7 Å². The fraction of sp³-hybridized carbons (Fsp3) is 0.300. The number of benzene rings is 1. The van der Waals surface area contributed by atoms with E-state index in [0.717, 1.165) is 22.6 Å². The molecule has 0 radical (unpaired) electrons. The van der Waals surface area contributed by atoms with Crippen molar-refractivity contribution >= 4 is 11.0 Å². The van der Waals surface area contributed by atoms with E-state index in [9.17, 15) is 0 Å². The molecule has 4 heterocycles. The zero-order chi connectivity index (χ0) is 21.9. The average Bonchev–Trinajstić information content (AvgIpc) is 3.50. The third kappa shape index (κ3) is 7.66. The Labute approximate surface area is 175 Å². The van der Waals surface area contributed by atoms with E-state index in [-0.39, 0.29) is 0 Å². The normalized spacial score (nSPS) is 9.67. The number of fused-ring (bicyclic) bond motifs is 1. The summed E-state index contributed by atoms with van der Waals surface area (Å²) in [5.41, 5.74) is 3.09. The number of hydrogen-bond donors (Lipinski definition) is 1. The lowest BCUT2D eigenvalue weighted by Crippen LogP contribution is -1.88. The molecule has 0 fully saturated rings. The number of imidazole rings is 2. The fourth-order valence-corrected chi connectivity index (χ4v) is 2.27. The molecule has 4 aromatic heterocycles. The topological polar surface area (TPSA) is 116 Å². The minimum Gasteiger partial charge on any atom is -0.349 e. The molecule has 0 saturated carbocycles. The summed E-state index contributed by atoms with van der Waals surface area (Å²) < 4.78 is 8.29. The molecule has 0 saturated heterocycles. The van der Waals surface area contributed by atoms with Gasteiger partial charge in [0.15, 0.2) is 5.82 Å². The first kappa shape index (κ1) is 22.5. The van der Waals surface area contributed by atoms with Crippen molar-refractivity contribution < 1.29 is 4.52 Å². The van der Waals surface area contributed by atoms with E-state index in [1.54, 1.807) is 37.3 Å². The van der Waals surface area contributed by atoms with Gasteiger partial charge in [-0.15, -0.1) is 5.10 Å². The summed E-state index contributed by atoms with van der Waals surface area (Å²) in [6.45, 7) is 7.44. The van der Waals surface area contributed by atoms with Crippen molar-refractivity contribution in [3.05, 3.63) is 72.4 Å². The Morgan fingerprint density at radius 2 is 1.77 bits per heavy atom. The summed E-state index contributed by atoms with van der Waals surface area (Å²) in [6.07, 6.45) is 7.29. The van der Waals surface area contributed by atoms with Crippen LogP contribution in [0.25, 0.3) is 11.0 Å². The van der Waals surface area contributed by atoms with Crippen LogP contribution in [0.5, 0.6) is 0 Å². The molecule has 1 N–H and O–H groups in total. The molecule has 5 aromatic rings. The Morgan fingerprint density at radius 1 is 1.00 bits per heavy atom. The molecule has 0 aliphatic heterocycles. The molecule has 0 aliphatic rings. The summed E-state index contributed by atoms with van der Waals surface area (Å²) in [5, 5.41) is 11.3. The molecule has 10 heteroatoms. The summed E-state index contributed by atoms with van der Waals surface area (Å²) >= 11 is 0. The van der Waals surface area contributed by atoms with Crippen LogP contribution in [0.15, 0.2) is 53.7 Å². The minimum absolute atomic E-state index is 0.623. The largest absolute Gasteiger partial charge is 0.349 e. The Bertz CT molecular complexity index is 1050. The summed E-state index contributed by atoms with van der Waals surface area (Å²) in [7, 11) is 3.84. The number of aromatic amines is 1. The smallest absolute Gasteiger partial charge is 0.223 e. The van der Waals surface area contributed by atoms with Gasteiger partial charge in [0.05, 0.1) is 17.5 Å². The molecule has 0 unspecified atom stereocenters. The Kier molecular flexibility index (Phi) is 8.42. The van der Waals surface area contributed by atoms with E-state index < -0.39 is 0 Å². The lowest BCUT2D eigenvalue weighted by molar-refractivity contribution is 0.389. The lowest BCUT2D eigenvalue weighted by atomic mass is 10.3. The molecule has 0 amide bonds. The maximum atomic E-state index is 4.60. The van der Waals surface area contributed by atoms with Gasteiger partial charge in [-0.1, -0.05) is 22.5 Å². The van der Waals surface area contributed by atoms with Crippen LogP contribution in [0.3, 0.4) is 0 Å². The number of aromatic nitrogens is 9. The highest BCUT2D eigenvalue weighted by Gasteiger charge is 1.95. The fourth-order valence-electron chi connectivity index (χ4n) is 2.27. The third-order valence-corrected chi connectivity index (χ3v) is 3.62. The van der Waals surface area contributed by atoms with Crippen molar-refractivity contribution in [2.24, 2.45) is 14.1 Å². The number of nitrogens with one attached hydrogen (secondary N) is 1. The van der Waals surface area contributed by atoms with Gasteiger partial charge in [0.25, 0.3) is 0 Å². The first-order valence-electron chi connectivity index (χ1n) is 9.27. The number of nitrogens with zero attached hydrogens (tertiary/aromatic N) is 8. The van der Waals surface area contributed by atoms with E-state index in [0.29, 0.717) is 11.7 Å². The van der Waals surface area contributed by atoms with Crippen LogP contribution in [-0.2, 0) is 14.1 Å². The molecule has 1 aromatic carbocycles. The second kappa shape index (κ2) is 11.2. The third-order valence-electron chi connectivity index (χ3n) is 3.62. The van der Waals surface area contributed by atoms with Gasteiger partial charge >= 0.3 is 0 Å². The first-order valence-corrected chi connectivity index (χ1v) is 9.27. The molecule has 158 valence electrons. The van der Waals surface area contributed by atoms with E-state index in [1.807, 2.05) is 63.0 Å². The highest BCUT2D eigenvalue weighted by molar-refractivity contribution is 5.73. The van der Waals surface area contributed by atoms with Crippen LogP contribution in [-0.4, -0.2) is 44.7 Å². The van der Waals surface area contributed by atoms with Gasteiger partial charge in [0, 0.05) is 39.6 Å². The first-order chi connectivity index (χ1) is 14.3. The highest BCUT2D eigenvalue weighted by atomic mass is 16.5. The van der Waals surface area contributed by atoms with Gasteiger partial charge in [0.2, 0.25) is 5.89 Å². The van der Waals surface area contributed by atoms with Gasteiger partial charge in [-0.25, -0.2) is 14.6 Å². The van der Waals surface area contributed by atoms with Crippen LogP contribution in [0, 0.1) is 27.7 Å². The van der Waals surface area contributed by atoms with Crippen molar-refractivity contribution in [1.82, 2.24) is 44.7 Å². The predicted molar refractivity (Wildman–Crippen MR) is 114 cm³/mol. The zero-order valence-corrected chi connectivity index (χ0v) is 18.1. The number of hydrogen-bond acceptors (Lipinski definition) is 7. The number of H-pyrrole nitrogens is 1. The molecule has 0 atom stereocenters. The quantitative estimate of drug-likeness (QED) is 0.418. The predicted octanol–water partition coefficient (Wildman–Crippen LogP) is 3.10. The maximum Gasteiger partial charge on any atom is 0.223 e. The van der Waals surface area contributed by atoms with E-state index >= 15 is 0 Å². The lowest BCUT2D eigenvalue weighted by Gasteiger charge is -1.87. The minimum atomic E-state index is 0.623. The van der Waals surface area contributed by atoms with Gasteiger partial charge in [-0.05, 0) is 32.9 Å². The second-order valence-corrected chi connectivity index (χ2v) is 6.42. The van der Waals surface area contributed by atoms with Crippen LogP contribution in [0.2, 0.25) is 0 Å². The second-order valence-electron chi connectivity index (χ2n) is 6.42. The van der Waals surface area contributed by atoms with Crippen molar-refractivity contribution in [1.29, 1.82) is 0 Å². The van der Waals surface area contributed by atoms with Crippen molar-refractivity contribution in [3.63, 3.8) is 0 Å². The maximum absolute atomic E-state index is 4.60. The molecular weight excluding hydrogens is 382 g/mol. The van der Waals surface area contributed by atoms with Crippen molar-refractivity contribution in [3.8, 4) is 0 Å². The number of aryl methyl sites for hydroxylation is 6. The summed E-state index contributed by atoms with van der Waals surface area (Å²) in [5.74, 6) is 2.28.